The molecule has 9 nitrogen and oxygen atoms in total. The van der Waals surface area contributed by atoms with Gasteiger partial charge in [0.2, 0.25) is 0 Å². The van der Waals surface area contributed by atoms with Crippen molar-refractivity contribution in [3.63, 3.8) is 0 Å². The van der Waals surface area contributed by atoms with Crippen molar-refractivity contribution in [2.45, 2.75) is 5.54 Å². The molecule has 1 saturated heterocycles. The highest BCUT2D eigenvalue weighted by molar-refractivity contribution is 6.09. The fourth-order valence-electron chi connectivity index (χ4n) is 2.73. The molecule has 1 aliphatic rings. The molecule has 1 fully saturated rings. The van der Waals surface area contributed by atoms with Gasteiger partial charge in [-0.2, -0.15) is 5.10 Å². The van der Waals surface area contributed by atoms with Crippen LogP contribution in [0.25, 0.3) is 10.9 Å². The number of aromatic nitrogens is 2. The molecule has 114 valence electrons. The van der Waals surface area contributed by atoms with Crippen LogP contribution in [-0.4, -0.2) is 39.5 Å². The van der Waals surface area contributed by atoms with Gasteiger partial charge in [-0.25, -0.2) is 9.59 Å². The smallest absolute Gasteiger partial charge is 0.404 e. The van der Waals surface area contributed by atoms with Crippen LogP contribution in [0.5, 0.6) is 0 Å². The van der Waals surface area contributed by atoms with Crippen LogP contribution in [-0.2, 0) is 17.4 Å². The molecular formula is C13H13N5O4. The van der Waals surface area contributed by atoms with E-state index in [9.17, 15) is 14.4 Å². The van der Waals surface area contributed by atoms with Crippen molar-refractivity contribution in [3.8, 4) is 0 Å². The minimum atomic E-state index is -1.54. The summed E-state index contributed by atoms with van der Waals surface area (Å²) in [5, 5.41) is 20.6. The Morgan fingerprint density at radius 1 is 1.41 bits per heavy atom. The molecule has 9 heteroatoms. The summed E-state index contributed by atoms with van der Waals surface area (Å²) in [6.07, 6.45) is -1.29. The second kappa shape index (κ2) is 4.72. The van der Waals surface area contributed by atoms with E-state index in [0.717, 1.165) is 0 Å². The summed E-state index contributed by atoms with van der Waals surface area (Å²) in [4.78, 5) is 34.8. The maximum absolute atomic E-state index is 12.3. The molecule has 4 amide bonds. The topological polar surface area (TPSA) is 125 Å². The average Bonchev–Trinajstić information content (AvgIpc) is 2.93. The number of carbonyl (C=O) groups excluding carboxylic acids is 2. The van der Waals surface area contributed by atoms with Gasteiger partial charge >= 0.3 is 12.1 Å². The van der Waals surface area contributed by atoms with E-state index in [1.165, 1.54) is 4.68 Å². The number of urea groups is 1. The van der Waals surface area contributed by atoms with Gasteiger partial charge in [0.15, 0.2) is 5.54 Å². The van der Waals surface area contributed by atoms with Crippen LogP contribution in [0.3, 0.4) is 0 Å². The third kappa shape index (κ3) is 1.94. The molecule has 1 aromatic carbocycles. The van der Waals surface area contributed by atoms with E-state index < -0.39 is 23.6 Å². The summed E-state index contributed by atoms with van der Waals surface area (Å²) in [6, 6.07) is 6.43. The fourth-order valence-corrected chi connectivity index (χ4v) is 2.73. The zero-order chi connectivity index (χ0) is 15.9. The number of benzene rings is 1. The van der Waals surface area contributed by atoms with E-state index in [4.69, 9.17) is 5.11 Å². The van der Waals surface area contributed by atoms with Gasteiger partial charge < -0.3 is 15.7 Å². The second-order valence-corrected chi connectivity index (χ2v) is 4.96. The highest BCUT2D eigenvalue weighted by Gasteiger charge is 2.51. The molecule has 0 spiro atoms. The Hall–Kier alpha value is -3.10. The van der Waals surface area contributed by atoms with Crippen molar-refractivity contribution in [2.75, 3.05) is 6.54 Å². The number of carbonyl (C=O) groups is 3. The molecule has 0 radical (unpaired) electrons. The van der Waals surface area contributed by atoms with E-state index in [0.29, 0.717) is 16.6 Å². The van der Waals surface area contributed by atoms with Gasteiger partial charge in [0, 0.05) is 12.4 Å². The minimum Gasteiger partial charge on any atom is -0.465 e. The molecule has 2 aromatic rings. The van der Waals surface area contributed by atoms with Crippen molar-refractivity contribution >= 4 is 28.9 Å². The third-order valence-electron chi connectivity index (χ3n) is 3.59. The van der Waals surface area contributed by atoms with Gasteiger partial charge in [-0.3, -0.25) is 14.8 Å². The Balaban J connectivity index is 2.20. The van der Waals surface area contributed by atoms with Gasteiger partial charge in [0.1, 0.15) is 0 Å². The Bertz CT molecular complexity index is 799. The highest BCUT2D eigenvalue weighted by Crippen LogP contribution is 2.30. The number of fused-ring (bicyclic) bond motifs is 1. The first kappa shape index (κ1) is 13.9. The van der Waals surface area contributed by atoms with E-state index in [-0.39, 0.29) is 6.54 Å². The zero-order valence-corrected chi connectivity index (χ0v) is 11.6. The first-order chi connectivity index (χ1) is 10.4. The van der Waals surface area contributed by atoms with Gasteiger partial charge in [-0.05, 0) is 6.07 Å². The van der Waals surface area contributed by atoms with Crippen molar-refractivity contribution in [3.05, 3.63) is 30.0 Å². The summed E-state index contributed by atoms with van der Waals surface area (Å²) in [5.41, 5.74) is -0.482. The maximum Gasteiger partial charge on any atom is 0.404 e. The van der Waals surface area contributed by atoms with Gasteiger partial charge in [-0.1, -0.05) is 18.2 Å². The lowest BCUT2D eigenvalue weighted by molar-refractivity contribution is -0.124. The first-order valence-electron chi connectivity index (χ1n) is 6.46. The highest BCUT2D eigenvalue weighted by atomic mass is 16.4. The predicted molar refractivity (Wildman–Crippen MR) is 75.1 cm³/mol. The van der Waals surface area contributed by atoms with Crippen LogP contribution in [0, 0.1) is 0 Å². The maximum atomic E-state index is 12.3. The van der Waals surface area contributed by atoms with Crippen LogP contribution in [0.2, 0.25) is 0 Å². The van der Waals surface area contributed by atoms with E-state index in [1.807, 2.05) is 0 Å². The molecule has 1 unspecified atom stereocenters. The summed E-state index contributed by atoms with van der Waals surface area (Å²) < 4.78 is 1.47. The van der Waals surface area contributed by atoms with Crippen LogP contribution in [0.1, 0.15) is 5.69 Å². The SMILES string of the molecule is Cn1nc2ccccc2c1C1(CNC(=O)O)NC(=O)NC1=O. The number of nitrogens with one attached hydrogen (secondary N) is 3. The minimum absolute atomic E-state index is 0.302. The molecule has 3 rings (SSSR count). The van der Waals surface area contributed by atoms with Crippen LogP contribution in [0.4, 0.5) is 9.59 Å². The lowest BCUT2D eigenvalue weighted by Gasteiger charge is -2.26. The molecule has 1 aromatic heterocycles. The Morgan fingerprint density at radius 2 is 2.14 bits per heavy atom. The standard InChI is InChI=1S/C13H13N5O4/c1-18-9(7-4-2-3-5-8(7)17-18)13(6-14-12(21)22)10(19)15-11(20)16-13/h2-5,14H,6H2,1H3,(H,21,22)(H2,15,16,19,20). The van der Waals surface area contributed by atoms with Crippen molar-refractivity contribution in [1.29, 1.82) is 0 Å². The number of amides is 4. The van der Waals surface area contributed by atoms with E-state index in [1.54, 1.807) is 31.3 Å². The second-order valence-electron chi connectivity index (χ2n) is 4.96. The number of hydrogen-bond donors (Lipinski definition) is 4. The van der Waals surface area contributed by atoms with Gasteiger partial charge in [0.25, 0.3) is 5.91 Å². The third-order valence-corrected chi connectivity index (χ3v) is 3.59. The Labute approximate surface area is 124 Å². The molecule has 1 atom stereocenters. The average molecular weight is 303 g/mol. The van der Waals surface area contributed by atoms with Gasteiger partial charge in [0.05, 0.1) is 17.8 Å². The van der Waals surface area contributed by atoms with E-state index >= 15 is 0 Å². The largest absolute Gasteiger partial charge is 0.465 e. The number of rotatable bonds is 3. The number of aryl methyl sites for hydroxylation is 1. The molecule has 4 N–H and O–H groups in total. The molecule has 22 heavy (non-hydrogen) atoms. The number of nitrogens with zero attached hydrogens (tertiary/aromatic N) is 2. The van der Waals surface area contributed by atoms with E-state index in [2.05, 4.69) is 21.0 Å². The van der Waals surface area contributed by atoms with Crippen molar-refractivity contribution < 1.29 is 19.5 Å². The molecule has 0 bridgehead atoms. The van der Waals surface area contributed by atoms with Crippen LogP contribution in [0.15, 0.2) is 24.3 Å². The van der Waals surface area contributed by atoms with Crippen LogP contribution < -0.4 is 16.0 Å². The number of hydrogen-bond acceptors (Lipinski definition) is 4. The molecule has 1 aliphatic heterocycles. The molecule has 0 aliphatic carbocycles. The lowest BCUT2D eigenvalue weighted by Crippen LogP contribution is -2.53. The lowest BCUT2D eigenvalue weighted by atomic mass is 9.92. The fraction of sp³-hybridized carbons (Fsp3) is 0.231. The van der Waals surface area contributed by atoms with Crippen molar-refractivity contribution in [2.24, 2.45) is 7.05 Å². The van der Waals surface area contributed by atoms with Crippen LogP contribution >= 0.6 is 0 Å². The predicted octanol–water partition coefficient (Wildman–Crippen LogP) is -0.124. The Morgan fingerprint density at radius 3 is 2.77 bits per heavy atom. The summed E-state index contributed by atoms with van der Waals surface area (Å²) in [7, 11) is 1.63. The molecular weight excluding hydrogens is 290 g/mol. The summed E-state index contributed by atoms with van der Waals surface area (Å²) in [5.74, 6) is -0.625. The number of imide groups is 1. The quantitative estimate of drug-likeness (QED) is 0.588. The summed E-state index contributed by atoms with van der Waals surface area (Å²) in [6.45, 7) is -0.302. The number of carboxylic acid groups (broad SMARTS) is 1. The summed E-state index contributed by atoms with van der Waals surface area (Å²) >= 11 is 0. The Kier molecular flexibility index (Phi) is 2.98. The zero-order valence-electron chi connectivity index (χ0n) is 11.6. The van der Waals surface area contributed by atoms with Crippen molar-refractivity contribution in [1.82, 2.24) is 25.7 Å². The first-order valence-corrected chi connectivity index (χ1v) is 6.46. The molecule has 0 saturated carbocycles. The normalized spacial score (nSPS) is 20.8. The molecule has 2 heterocycles. The van der Waals surface area contributed by atoms with Gasteiger partial charge in [-0.15, -0.1) is 0 Å². The monoisotopic (exact) mass is 303 g/mol.